The minimum atomic E-state index is -4.28. The van der Waals surface area contributed by atoms with Gasteiger partial charge in [-0.05, 0) is 6.08 Å². The van der Waals surface area contributed by atoms with Crippen molar-refractivity contribution in [3.8, 4) is 11.3 Å². The summed E-state index contributed by atoms with van der Waals surface area (Å²) in [6, 6.07) is 8.42. The molecule has 0 aliphatic rings. The molecule has 0 aliphatic heterocycles. The monoisotopic (exact) mass is 343 g/mol. The number of hydrogen-bond donors (Lipinski definition) is 0. The maximum absolute atomic E-state index is 13.3. The quantitative estimate of drug-likeness (QED) is 0.460. The van der Waals surface area contributed by atoms with Gasteiger partial charge in [-0.15, -0.1) is 5.10 Å². The predicted octanol–water partition coefficient (Wildman–Crippen LogP) is 3.03. The van der Waals surface area contributed by atoms with Crippen LogP contribution in [-0.2, 0) is 16.1 Å². The van der Waals surface area contributed by atoms with E-state index in [2.05, 4.69) is 15.0 Å². The van der Waals surface area contributed by atoms with Crippen LogP contribution in [-0.4, -0.2) is 40.4 Å². The van der Waals surface area contributed by atoms with E-state index in [9.17, 15) is 22.4 Å². The van der Waals surface area contributed by atoms with Gasteiger partial charge in [0.05, 0.1) is 12.8 Å². The fourth-order valence-electron chi connectivity index (χ4n) is 1.89. The van der Waals surface area contributed by atoms with Crippen molar-refractivity contribution in [3.05, 3.63) is 42.1 Å². The van der Waals surface area contributed by atoms with E-state index in [0.29, 0.717) is 10.2 Å². The van der Waals surface area contributed by atoms with Crippen LogP contribution < -0.4 is 0 Å². The van der Waals surface area contributed by atoms with Crippen molar-refractivity contribution in [2.75, 3.05) is 7.11 Å². The fourth-order valence-corrected chi connectivity index (χ4v) is 1.89. The molecule has 0 N–H and O–H groups in total. The number of nitrogens with zero attached hydrogens (tertiary/aromatic N) is 3. The number of carbonyl (C=O) groups excluding carboxylic acids is 1. The maximum atomic E-state index is 13.3. The van der Waals surface area contributed by atoms with Crippen LogP contribution >= 0.6 is 0 Å². The molecule has 128 valence electrons. The minimum absolute atomic E-state index is 0.00748. The second-order valence-corrected chi connectivity index (χ2v) is 4.77. The third-order valence-corrected chi connectivity index (χ3v) is 3.08. The first-order chi connectivity index (χ1) is 11.3. The standard InChI is InChI=1S/C15H13F4N3O2/c1-24-12(23)8-7-11-13(10-5-3-2-4-6-10)20-21-22(11)9-15(18,19)14(16)17/h2-8,14H,9H2,1H3/b8-7+. The fraction of sp³-hybridized carbons (Fsp3) is 0.267. The van der Waals surface area contributed by atoms with Crippen LogP contribution in [0.2, 0.25) is 0 Å². The first-order valence-corrected chi connectivity index (χ1v) is 6.76. The number of ether oxygens (including phenoxy) is 1. The zero-order chi connectivity index (χ0) is 17.7. The Balaban J connectivity index is 2.46. The van der Waals surface area contributed by atoms with Crippen LogP contribution in [0.1, 0.15) is 5.69 Å². The predicted molar refractivity (Wildman–Crippen MR) is 77.5 cm³/mol. The van der Waals surface area contributed by atoms with E-state index in [1.165, 1.54) is 0 Å². The second-order valence-electron chi connectivity index (χ2n) is 4.77. The van der Waals surface area contributed by atoms with Gasteiger partial charge < -0.3 is 4.74 Å². The number of esters is 1. The summed E-state index contributed by atoms with van der Waals surface area (Å²) >= 11 is 0. The lowest BCUT2D eigenvalue weighted by molar-refractivity contribution is -0.139. The van der Waals surface area contributed by atoms with Crippen LogP contribution in [0.25, 0.3) is 17.3 Å². The van der Waals surface area contributed by atoms with Crippen LogP contribution in [0, 0.1) is 0 Å². The van der Waals surface area contributed by atoms with Crippen molar-refractivity contribution >= 4 is 12.0 Å². The lowest BCUT2D eigenvalue weighted by atomic mass is 10.1. The Morgan fingerprint density at radius 3 is 2.58 bits per heavy atom. The van der Waals surface area contributed by atoms with Gasteiger partial charge in [-0.25, -0.2) is 18.3 Å². The molecule has 5 nitrogen and oxygen atoms in total. The number of methoxy groups -OCH3 is 1. The van der Waals surface area contributed by atoms with Crippen LogP contribution in [0.3, 0.4) is 0 Å². The number of alkyl halides is 4. The highest BCUT2D eigenvalue weighted by Crippen LogP contribution is 2.28. The summed E-state index contributed by atoms with van der Waals surface area (Å²) in [5.74, 6) is -5.02. The Morgan fingerprint density at radius 1 is 1.33 bits per heavy atom. The molecule has 0 unspecified atom stereocenters. The Hall–Kier alpha value is -2.71. The van der Waals surface area contributed by atoms with Crippen molar-refractivity contribution in [2.24, 2.45) is 0 Å². The van der Waals surface area contributed by atoms with E-state index in [0.717, 1.165) is 19.3 Å². The number of benzene rings is 1. The smallest absolute Gasteiger partial charge is 0.330 e. The Bertz CT molecular complexity index is 730. The van der Waals surface area contributed by atoms with Gasteiger partial charge in [0.25, 0.3) is 0 Å². The molecule has 2 rings (SSSR count). The van der Waals surface area contributed by atoms with Gasteiger partial charge in [0.15, 0.2) is 0 Å². The van der Waals surface area contributed by atoms with Crippen molar-refractivity contribution in [1.29, 1.82) is 0 Å². The Morgan fingerprint density at radius 2 is 2.00 bits per heavy atom. The average molecular weight is 343 g/mol. The molecule has 0 saturated heterocycles. The van der Waals surface area contributed by atoms with Gasteiger partial charge in [-0.2, -0.15) is 8.78 Å². The Labute approximate surface area is 134 Å². The molecule has 0 saturated carbocycles. The van der Waals surface area contributed by atoms with Crippen LogP contribution in [0.5, 0.6) is 0 Å². The lowest BCUT2D eigenvalue weighted by Crippen LogP contribution is -2.33. The molecule has 0 bridgehead atoms. The van der Waals surface area contributed by atoms with Gasteiger partial charge >= 0.3 is 18.3 Å². The number of carbonyl (C=O) groups is 1. The van der Waals surface area contributed by atoms with Crippen LogP contribution in [0.4, 0.5) is 17.6 Å². The minimum Gasteiger partial charge on any atom is -0.466 e. The number of halogens is 4. The first kappa shape index (κ1) is 17.6. The molecule has 0 aliphatic carbocycles. The molecule has 1 aromatic heterocycles. The molecule has 1 aromatic carbocycles. The maximum Gasteiger partial charge on any atom is 0.330 e. The van der Waals surface area contributed by atoms with E-state index in [-0.39, 0.29) is 11.4 Å². The molecule has 2 aromatic rings. The van der Waals surface area contributed by atoms with Gasteiger partial charge in [0.2, 0.25) is 0 Å². The van der Waals surface area contributed by atoms with Gasteiger partial charge in [0, 0.05) is 11.6 Å². The lowest BCUT2D eigenvalue weighted by Gasteiger charge is -2.15. The summed E-state index contributed by atoms with van der Waals surface area (Å²) in [5.41, 5.74) is 0.710. The third-order valence-electron chi connectivity index (χ3n) is 3.08. The van der Waals surface area contributed by atoms with Gasteiger partial charge in [-0.1, -0.05) is 35.5 Å². The summed E-state index contributed by atoms with van der Waals surface area (Å²) in [6.45, 7) is -1.37. The summed E-state index contributed by atoms with van der Waals surface area (Å²) in [6.07, 6.45) is -1.72. The highest BCUT2D eigenvalue weighted by atomic mass is 19.3. The van der Waals surface area contributed by atoms with Crippen molar-refractivity contribution in [3.63, 3.8) is 0 Å². The molecule has 0 fully saturated rings. The first-order valence-electron chi connectivity index (χ1n) is 6.76. The highest BCUT2D eigenvalue weighted by molar-refractivity contribution is 5.88. The van der Waals surface area contributed by atoms with Crippen molar-refractivity contribution in [2.45, 2.75) is 18.9 Å². The summed E-state index contributed by atoms with van der Waals surface area (Å²) in [7, 11) is 1.14. The number of aromatic nitrogens is 3. The topological polar surface area (TPSA) is 57.0 Å². The van der Waals surface area contributed by atoms with E-state index in [1.807, 2.05) is 0 Å². The molecule has 1 heterocycles. The molecule has 9 heteroatoms. The molecule has 0 spiro atoms. The average Bonchev–Trinajstić information content (AvgIpc) is 2.95. The van der Waals surface area contributed by atoms with E-state index in [4.69, 9.17) is 0 Å². The van der Waals surface area contributed by atoms with Gasteiger partial charge in [0.1, 0.15) is 12.2 Å². The zero-order valence-corrected chi connectivity index (χ0v) is 12.5. The zero-order valence-electron chi connectivity index (χ0n) is 12.5. The van der Waals surface area contributed by atoms with E-state index >= 15 is 0 Å². The molecular formula is C15H13F4N3O2. The molecule has 0 radical (unpaired) electrons. The van der Waals surface area contributed by atoms with Gasteiger partial charge in [-0.3, -0.25) is 0 Å². The van der Waals surface area contributed by atoms with E-state index in [1.54, 1.807) is 30.3 Å². The van der Waals surface area contributed by atoms with Crippen LogP contribution in [0.15, 0.2) is 36.4 Å². The van der Waals surface area contributed by atoms with Crippen molar-refractivity contribution in [1.82, 2.24) is 15.0 Å². The largest absolute Gasteiger partial charge is 0.466 e. The molecule has 0 amide bonds. The third kappa shape index (κ3) is 3.98. The molecule has 0 atom stereocenters. The second kappa shape index (κ2) is 7.24. The SMILES string of the molecule is COC(=O)/C=C/c1c(-c2ccccc2)nnn1CC(F)(F)C(F)F. The Kier molecular flexibility index (Phi) is 5.32. The molecular weight excluding hydrogens is 330 g/mol. The summed E-state index contributed by atoms with van der Waals surface area (Å²) in [5, 5.41) is 7.28. The number of hydrogen-bond acceptors (Lipinski definition) is 4. The normalized spacial score (nSPS) is 12.1. The number of rotatable bonds is 6. The highest BCUT2D eigenvalue weighted by Gasteiger charge is 2.42. The summed E-state index contributed by atoms with van der Waals surface area (Å²) < 4.78 is 56.6. The van der Waals surface area contributed by atoms with Crippen molar-refractivity contribution < 1.29 is 27.1 Å². The molecule has 24 heavy (non-hydrogen) atoms. The summed E-state index contributed by atoms with van der Waals surface area (Å²) in [4.78, 5) is 11.2. The van der Waals surface area contributed by atoms with E-state index < -0.39 is 24.9 Å².